The molecule has 102 valence electrons. The van der Waals surface area contributed by atoms with Gasteiger partial charge in [-0.2, -0.15) is 0 Å². The van der Waals surface area contributed by atoms with Gasteiger partial charge in [-0.15, -0.1) is 0 Å². The highest BCUT2D eigenvalue weighted by Crippen LogP contribution is 2.32. The maximum atomic E-state index is 10.7. The molecule has 1 aliphatic heterocycles. The van der Waals surface area contributed by atoms with Crippen molar-refractivity contribution in [2.75, 3.05) is 11.4 Å². The van der Waals surface area contributed by atoms with Crippen molar-refractivity contribution in [1.82, 2.24) is 4.98 Å². The molecule has 0 amide bonds. The Morgan fingerprint density at radius 2 is 2.20 bits per heavy atom. The first kappa shape index (κ1) is 12.9. The summed E-state index contributed by atoms with van der Waals surface area (Å²) in [5.41, 5.74) is 3.11. The van der Waals surface area contributed by atoms with Crippen molar-refractivity contribution in [1.29, 1.82) is 0 Å². The molecule has 0 aliphatic carbocycles. The van der Waals surface area contributed by atoms with Crippen LogP contribution in [-0.2, 0) is 13.0 Å². The molecule has 0 radical (unpaired) electrons. The van der Waals surface area contributed by atoms with E-state index in [1.54, 1.807) is 12.3 Å². The zero-order valence-corrected chi connectivity index (χ0v) is 11.4. The Labute approximate surface area is 121 Å². The molecule has 0 saturated carbocycles. The zero-order valence-electron chi connectivity index (χ0n) is 10.6. The smallest absolute Gasteiger partial charge is 0.271 e. The van der Waals surface area contributed by atoms with Gasteiger partial charge in [-0.3, -0.25) is 15.1 Å². The van der Waals surface area contributed by atoms with E-state index < -0.39 is 4.92 Å². The van der Waals surface area contributed by atoms with E-state index in [1.807, 2.05) is 6.07 Å². The fourth-order valence-corrected chi connectivity index (χ4v) is 2.72. The summed E-state index contributed by atoms with van der Waals surface area (Å²) >= 11 is 6.17. The number of nitrogens with zero attached hydrogens (tertiary/aromatic N) is 3. The van der Waals surface area contributed by atoms with Crippen LogP contribution in [0.1, 0.15) is 11.3 Å². The van der Waals surface area contributed by atoms with Crippen molar-refractivity contribution in [3.8, 4) is 0 Å². The molecule has 5 nitrogen and oxygen atoms in total. The highest BCUT2D eigenvalue weighted by Gasteiger charge is 2.20. The van der Waals surface area contributed by atoms with E-state index >= 15 is 0 Å². The lowest BCUT2D eigenvalue weighted by molar-refractivity contribution is -0.384. The first-order valence-electron chi connectivity index (χ1n) is 6.27. The second kappa shape index (κ2) is 5.09. The molecule has 0 atom stereocenters. The van der Waals surface area contributed by atoms with Crippen LogP contribution >= 0.6 is 11.6 Å². The number of nitro benzene ring substituents is 1. The molecule has 6 heteroatoms. The number of anilines is 1. The Morgan fingerprint density at radius 3 is 2.95 bits per heavy atom. The van der Waals surface area contributed by atoms with Crippen LogP contribution in [0.5, 0.6) is 0 Å². The lowest BCUT2D eigenvalue weighted by atomic mass is 10.0. The number of fused-ring (bicyclic) bond motifs is 1. The second-order valence-corrected chi connectivity index (χ2v) is 5.08. The van der Waals surface area contributed by atoms with Gasteiger partial charge in [0.25, 0.3) is 5.69 Å². The maximum absolute atomic E-state index is 10.7. The van der Waals surface area contributed by atoms with E-state index in [4.69, 9.17) is 11.6 Å². The molecule has 1 aliphatic rings. The largest absolute Gasteiger partial charge is 0.364 e. The minimum absolute atomic E-state index is 0.00860. The minimum Gasteiger partial charge on any atom is -0.364 e. The molecule has 2 heterocycles. The molecular formula is C14H12ClN3O2. The van der Waals surface area contributed by atoms with Crippen molar-refractivity contribution in [2.24, 2.45) is 0 Å². The van der Waals surface area contributed by atoms with E-state index in [0.29, 0.717) is 11.6 Å². The molecule has 2 aromatic rings. The van der Waals surface area contributed by atoms with Crippen molar-refractivity contribution >= 4 is 23.0 Å². The number of pyridine rings is 1. The maximum Gasteiger partial charge on any atom is 0.271 e. The van der Waals surface area contributed by atoms with Gasteiger partial charge in [0.2, 0.25) is 0 Å². The number of halogens is 1. The lowest BCUT2D eigenvalue weighted by Gasteiger charge is -2.30. The standard InChI is InChI=1S/C14H12ClN3O2/c15-12-8-11(18(19)20)3-4-14(12)17-7-5-10-2-1-6-16-13(10)9-17/h1-4,6,8H,5,7,9H2. The van der Waals surface area contributed by atoms with Crippen molar-refractivity contribution in [2.45, 2.75) is 13.0 Å². The van der Waals surface area contributed by atoms with Crippen LogP contribution in [-0.4, -0.2) is 16.5 Å². The monoisotopic (exact) mass is 289 g/mol. The van der Waals surface area contributed by atoms with E-state index in [-0.39, 0.29) is 5.69 Å². The Bertz CT molecular complexity index is 675. The fourth-order valence-electron chi connectivity index (χ4n) is 2.43. The minimum atomic E-state index is -0.442. The van der Waals surface area contributed by atoms with Gasteiger partial charge >= 0.3 is 0 Å². The molecule has 1 aromatic heterocycles. The van der Waals surface area contributed by atoms with Crippen molar-refractivity contribution in [3.05, 3.63) is 62.9 Å². The van der Waals surface area contributed by atoms with E-state index in [2.05, 4.69) is 16.0 Å². The predicted octanol–water partition coefficient (Wildman–Crippen LogP) is 3.21. The molecular weight excluding hydrogens is 278 g/mol. The number of hydrogen-bond donors (Lipinski definition) is 0. The Morgan fingerprint density at radius 1 is 1.35 bits per heavy atom. The number of nitro groups is 1. The summed E-state index contributed by atoms with van der Waals surface area (Å²) < 4.78 is 0. The fraction of sp³-hybridized carbons (Fsp3) is 0.214. The molecule has 0 spiro atoms. The van der Waals surface area contributed by atoms with Crippen LogP contribution in [0, 0.1) is 10.1 Å². The Kier molecular flexibility index (Phi) is 3.28. The van der Waals surface area contributed by atoms with Gasteiger partial charge < -0.3 is 4.90 Å². The molecule has 0 N–H and O–H groups in total. The molecule has 0 unspecified atom stereocenters. The average Bonchev–Trinajstić information content (AvgIpc) is 2.46. The average molecular weight is 290 g/mol. The first-order valence-corrected chi connectivity index (χ1v) is 6.64. The van der Waals surface area contributed by atoms with Crippen LogP contribution < -0.4 is 4.90 Å². The Balaban J connectivity index is 1.90. The molecule has 1 aromatic carbocycles. The molecule has 0 fully saturated rings. The van der Waals surface area contributed by atoms with Gasteiger partial charge in [-0.1, -0.05) is 17.7 Å². The van der Waals surface area contributed by atoms with Crippen LogP contribution in [0.3, 0.4) is 0 Å². The number of hydrogen-bond acceptors (Lipinski definition) is 4. The predicted molar refractivity (Wildman–Crippen MR) is 77.1 cm³/mol. The van der Waals surface area contributed by atoms with Crippen molar-refractivity contribution in [3.63, 3.8) is 0 Å². The van der Waals surface area contributed by atoms with E-state index in [9.17, 15) is 10.1 Å². The van der Waals surface area contributed by atoms with Crippen LogP contribution in [0.25, 0.3) is 0 Å². The molecule has 0 bridgehead atoms. The lowest BCUT2D eigenvalue weighted by Crippen LogP contribution is -2.31. The topological polar surface area (TPSA) is 59.3 Å². The van der Waals surface area contributed by atoms with Crippen LogP contribution in [0.2, 0.25) is 5.02 Å². The zero-order chi connectivity index (χ0) is 14.1. The van der Waals surface area contributed by atoms with Gasteiger partial charge in [0.15, 0.2) is 0 Å². The third-order valence-corrected chi connectivity index (χ3v) is 3.76. The second-order valence-electron chi connectivity index (χ2n) is 4.67. The van der Waals surface area contributed by atoms with E-state index in [0.717, 1.165) is 24.3 Å². The van der Waals surface area contributed by atoms with Crippen LogP contribution in [0.15, 0.2) is 36.5 Å². The van der Waals surface area contributed by atoms with Crippen molar-refractivity contribution < 1.29 is 4.92 Å². The molecule has 0 saturated heterocycles. The van der Waals surface area contributed by atoms with Gasteiger partial charge in [0, 0.05) is 24.9 Å². The highest BCUT2D eigenvalue weighted by atomic mass is 35.5. The number of rotatable bonds is 2. The quantitative estimate of drug-likeness (QED) is 0.629. The third kappa shape index (κ3) is 2.32. The number of non-ortho nitro benzene ring substituents is 1. The highest BCUT2D eigenvalue weighted by molar-refractivity contribution is 6.33. The summed E-state index contributed by atoms with van der Waals surface area (Å²) in [6.07, 6.45) is 2.68. The number of aromatic nitrogens is 1. The SMILES string of the molecule is O=[N+]([O-])c1ccc(N2CCc3cccnc3C2)c(Cl)c1. The number of benzene rings is 1. The molecule has 20 heavy (non-hydrogen) atoms. The summed E-state index contributed by atoms with van der Waals surface area (Å²) in [5.74, 6) is 0. The van der Waals surface area contributed by atoms with E-state index in [1.165, 1.54) is 17.7 Å². The Hall–Kier alpha value is -2.14. The van der Waals surface area contributed by atoms with Crippen LogP contribution in [0.4, 0.5) is 11.4 Å². The van der Waals surface area contributed by atoms with Gasteiger partial charge in [-0.05, 0) is 24.1 Å². The summed E-state index contributed by atoms with van der Waals surface area (Å²) in [4.78, 5) is 16.8. The van der Waals surface area contributed by atoms with Gasteiger partial charge in [-0.25, -0.2) is 0 Å². The summed E-state index contributed by atoms with van der Waals surface area (Å²) in [5, 5.41) is 11.1. The third-order valence-electron chi connectivity index (χ3n) is 3.46. The first-order chi connectivity index (χ1) is 9.65. The normalized spacial score (nSPS) is 13.9. The van der Waals surface area contributed by atoms with Gasteiger partial charge in [0.1, 0.15) is 0 Å². The molecule has 3 rings (SSSR count). The summed E-state index contributed by atoms with van der Waals surface area (Å²) in [6, 6.07) is 8.60. The summed E-state index contributed by atoms with van der Waals surface area (Å²) in [7, 11) is 0. The van der Waals surface area contributed by atoms with Gasteiger partial charge in [0.05, 0.1) is 27.9 Å². The summed E-state index contributed by atoms with van der Waals surface area (Å²) in [6.45, 7) is 1.50.